The van der Waals surface area contributed by atoms with E-state index < -0.39 is 0 Å². The highest BCUT2D eigenvalue weighted by Gasteiger charge is 2.09. The van der Waals surface area contributed by atoms with Gasteiger partial charge in [0.25, 0.3) is 0 Å². The molecule has 0 aliphatic rings. The van der Waals surface area contributed by atoms with Gasteiger partial charge in [0.15, 0.2) is 0 Å². The number of hydrogen-bond acceptors (Lipinski definition) is 6. The summed E-state index contributed by atoms with van der Waals surface area (Å²) in [5.41, 5.74) is 0. The number of nitrogens with one attached hydrogen (secondary N) is 2. The Hall–Kier alpha value is -1.14. The van der Waals surface area contributed by atoms with Crippen LogP contribution < -0.4 is 10.6 Å². The van der Waals surface area contributed by atoms with Crippen LogP contribution in [0.15, 0.2) is 0 Å². The lowest BCUT2D eigenvalue weighted by Crippen LogP contribution is -2.22. The fraction of sp³-hybridized carbons (Fsp3) is 0.700. The second-order valence-electron chi connectivity index (χ2n) is 3.54. The van der Waals surface area contributed by atoms with Gasteiger partial charge in [0.1, 0.15) is 0 Å². The smallest absolute Gasteiger partial charge is 0.229 e. The lowest BCUT2D eigenvalue weighted by atomic mass is 10.2. The van der Waals surface area contributed by atoms with E-state index in [1.807, 2.05) is 13.8 Å². The molecule has 96 valence electrons. The molecule has 0 fully saturated rings. The Morgan fingerprint density at radius 2 is 1.94 bits per heavy atom. The summed E-state index contributed by atoms with van der Waals surface area (Å²) in [6.07, 6.45) is 1.52. The molecule has 0 radical (unpaired) electrons. The average Bonchev–Trinajstić information content (AvgIpc) is 2.28. The summed E-state index contributed by atoms with van der Waals surface area (Å²) in [6, 6.07) is 0.132. The van der Waals surface area contributed by atoms with Crippen molar-refractivity contribution in [2.75, 3.05) is 23.8 Å². The number of aliphatic hydroxyl groups excluding tert-OH is 1. The lowest BCUT2D eigenvalue weighted by molar-refractivity contribution is 0.278. The third-order valence-corrected chi connectivity index (χ3v) is 2.42. The van der Waals surface area contributed by atoms with E-state index in [1.165, 1.54) is 0 Å². The van der Waals surface area contributed by atoms with Crippen molar-refractivity contribution in [3.63, 3.8) is 0 Å². The molecule has 1 heterocycles. The summed E-state index contributed by atoms with van der Waals surface area (Å²) in [4.78, 5) is 12.1. The second-order valence-corrected chi connectivity index (χ2v) is 3.88. The minimum Gasteiger partial charge on any atom is -0.396 e. The average molecular weight is 260 g/mol. The van der Waals surface area contributed by atoms with E-state index in [2.05, 4.69) is 25.6 Å². The standard InChI is InChI=1S/C10H18ClN5O/c1-3-7(5-6-17)13-10-15-8(11)14-9(16-10)12-4-2/h7,17H,3-6H2,1-2H3,(H2,12,13,14,15,16). The van der Waals surface area contributed by atoms with Crippen molar-refractivity contribution in [3.05, 3.63) is 5.28 Å². The number of aromatic nitrogens is 3. The van der Waals surface area contributed by atoms with Crippen molar-refractivity contribution >= 4 is 23.5 Å². The lowest BCUT2D eigenvalue weighted by Gasteiger charge is -2.15. The highest BCUT2D eigenvalue weighted by molar-refractivity contribution is 6.28. The molecular weight excluding hydrogens is 242 g/mol. The molecule has 0 saturated heterocycles. The van der Waals surface area contributed by atoms with Crippen molar-refractivity contribution in [2.24, 2.45) is 0 Å². The summed E-state index contributed by atoms with van der Waals surface area (Å²) >= 11 is 5.80. The molecular formula is C10H18ClN5O. The van der Waals surface area contributed by atoms with Crippen LogP contribution in [0.5, 0.6) is 0 Å². The van der Waals surface area contributed by atoms with E-state index in [-0.39, 0.29) is 17.9 Å². The van der Waals surface area contributed by atoms with Crippen molar-refractivity contribution < 1.29 is 5.11 Å². The van der Waals surface area contributed by atoms with Crippen LogP contribution in [0.1, 0.15) is 26.7 Å². The van der Waals surface area contributed by atoms with Crippen LogP contribution in [-0.2, 0) is 0 Å². The van der Waals surface area contributed by atoms with E-state index in [0.717, 1.165) is 6.42 Å². The quantitative estimate of drug-likeness (QED) is 0.689. The molecule has 0 saturated carbocycles. The summed E-state index contributed by atoms with van der Waals surface area (Å²) in [5.74, 6) is 0.884. The summed E-state index contributed by atoms with van der Waals surface area (Å²) in [6.45, 7) is 4.82. The predicted molar refractivity (Wildman–Crippen MR) is 68.4 cm³/mol. The normalized spacial score (nSPS) is 12.2. The fourth-order valence-electron chi connectivity index (χ4n) is 1.37. The van der Waals surface area contributed by atoms with Crippen LogP contribution in [0.2, 0.25) is 5.28 Å². The topological polar surface area (TPSA) is 83.0 Å². The monoisotopic (exact) mass is 259 g/mol. The molecule has 0 spiro atoms. The molecule has 0 bridgehead atoms. The molecule has 6 nitrogen and oxygen atoms in total. The number of aliphatic hydroxyl groups is 1. The van der Waals surface area contributed by atoms with E-state index in [0.29, 0.717) is 24.9 Å². The highest BCUT2D eigenvalue weighted by atomic mass is 35.5. The minimum atomic E-state index is 0.129. The van der Waals surface area contributed by atoms with Gasteiger partial charge in [-0.3, -0.25) is 0 Å². The molecule has 17 heavy (non-hydrogen) atoms. The Kier molecular flexibility index (Phi) is 5.93. The molecule has 3 N–H and O–H groups in total. The number of nitrogens with zero attached hydrogens (tertiary/aromatic N) is 3. The molecule has 7 heteroatoms. The first kappa shape index (κ1) is 13.9. The Morgan fingerprint density at radius 1 is 1.24 bits per heavy atom. The molecule has 1 aromatic rings. The Bertz CT molecular complexity index is 349. The third kappa shape index (κ3) is 4.70. The maximum Gasteiger partial charge on any atom is 0.229 e. The SMILES string of the molecule is CCNc1nc(Cl)nc(NC(CC)CCO)n1. The van der Waals surface area contributed by atoms with Gasteiger partial charge in [-0.05, 0) is 31.4 Å². The minimum absolute atomic E-state index is 0.129. The number of rotatable bonds is 7. The molecule has 0 amide bonds. The zero-order chi connectivity index (χ0) is 12.7. The Morgan fingerprint density at radius 3 is 2.53 bits per heavy atom. The van der Waals surface area contributed by atoms with Gasteiger partial charge in [-0.2, -0.15) is 15.0 Å². The zero-order valence-corrected chi connectivity index (χ0v) is 10.8. The zero-order valence-electron chi connectivity index (χ0n) is 10.1. The van der Waals surface area contributed by atoms with Crippen LogP contribution in [-0.4, -0.2) is 39.3 Å². The molecule has 1 aromatic heterocycles. The van der Waals surface area contributed by atoms with Crippen molar-refractivity contribution in [1.82, 2.24) is 15.0 Å². The van der Waals surface area contributed by atoms with E-state index >= 15 is 0 Å². The maximum absolute atomic E-state index is 8.91. The summed E-state index contributed by atoms with van der Waals surface area (Å²) < 4.78 is 0. The third-order valence-electron chi connectivity index (χ3n) is 2.25. The van der Waals surface area contributed by atoms with Gasteiger partial charge >= 0.3 is 0 Å². The molecule has 1 rings (SSSR count). The van der Waals surface area contributed by atoms with Crippen LogP contribution in [0.25, 0.3) is 0 Å². The first-order valence-electron chi connectivity index (χ1n) is 5.72. The Balaban J connectivity index is 2.75. The fourth-order valence-corrected chi connectivity index (χ4v) is 1.53. The van der Waals surface area contributed by atoms with E-state index in [4.69, 9.17) is 16.7 Å². The first-order valence-corrected chi connectivity index (χ1v) is 6.10. The van der Waals surface area contributed by atoms with Gasteiger partial charge in [0.2, 0.25) is 17.2 Å². The number of hydrogen-bond donors (Lipinski definition) is 3. The maximum atomic E-state index is 8.91. The van der Waals surface area contributed by atoms with Crippen molar-refractivity contribution in [3.8, 4) is 0 Å². The van der Waals surface area contributed by atoms with Gasteiger partial charge in [-0.1, -0.05) is 6.92 Å². The molecule has 0 aliphatic heterocycles. The Labute approximate surface area is 106 Å². The molecule has 1 atom stereocenters. The summed E-state index contributed by atoms with van der Waals surface area (Å²) in [7, 11) is 0. The molecule has 1 unspecified atom stereocenters. The van der Waals surface area contributed by atoms with Crippen LogP contribution in [0.3, 0.4) is 0 Å². The second kappa shape index (κ2) is 7.24. The van der Waals surface area contributed by atoms with Gasteiger partial charge in [0, 0.05) is 19.2 Å². The first-order chi connectivity index (χ1) is 8.19. The van der Waals surface area contributed by atoms with Gasteiger partial charge in [-0.15, -0.1) is 0 Å². The molecule has 0 aromatic carbocycles. The molecule has 0 aliphatic carbocycles. The van der Waals surface area contributed by atoms with Crippen LogP contribution in [0, 0.1) is 0 Å². The van der Waals surface area contributed by atoms with Gasteiger partial charge in [-0.25, -0.2) is 0 Å². The van der Waals surface area contributed by atoms with Gasteiger partial charge < -0.3 is 15.7 Å². The van der Waals surface area contributed by atoms with Crippen molar-refractivity contribution in [1.29, 1.82) is 0 Å². The van der Waals surface area contributed by atoms with Crippen LogP contribution >= 0.6 is 11.6 Å². The van der Waals surface area contributed by atoms with E-state index in [9.17, 15) is 0 Å². The van der Waals surface area contributed by atoms with Gasteiger partial charge in [0.05, 0.1) is 0 Å². The van der Waals surface area contributed by atoms with Crippen LogP contribution in [0.4, 0.5) is 11.9 Å². The van der Waals surface area contributed by atoms with Crippen molar-refractivity contribution in [2.45, 2.75) is 32.7 Å². The van der Waals surface area contributed by atoms with E-state index in [1.54, 1.807) is 0 Å². The number of anilines is 2. The summed E-state index contributed by atoms with van der Waals surface area (Å²) in [5, 5.41) is 15.2. The highest BCUT2D eigenvalue weighted by Crippen LogP contribution is 2.12. The largest absolute Gasteiger partial charge is 0.396 e. The number of halogens is 1. The predicted octanol–water partition coefficient (Wildman–Crippen LogP) is 1.53.